The minimum absolute atomic E-state index is 1.10. The molecule has 2 aliphatic rings. The van der Waals surface area contributed by atoms with Crippen LogP contribution in [0, 0.1) is 0 Å². The average molecular weight is 272 g/mol. The second-order valence-corrected chi connectivity index (χ2v) is 5.91. The second kappa shape index (κ2) is 4.93. The van der Waals surface area contributed by atoms with Gasteiger partial charge >= 0.3 is 0 Å². The van der Waals surface area contributed by atoms with E-state index in [0.717, 1.165) is 26.2 Å². The van der Waals surface area contributed by atoms with E-state index in [4.69, 9.17) is 0 Å². The Bertz CT molecular complexity index is 551. The van der Waals surface area contributed by atoms with E-state index in [1.165, 1.54) is 22.8 Å². The molecule has 0 aliphatic carbocycles. The summed E-state index contributed by atoms with van der Waals surface area (Å²) in [6.45, 7) is 4.41. The van der Waals surface area contributed by atoms with Crippen LogP contribution in [0.3, 0.4) is 0 Å². The van der Waals surface area contributed by atoms with Crippen molar-refractivity contribution in [3.05, 3.63) is 35.4 Å². The minimum Gasteiger partial charge on any atom is -0.260 e. The van der Waals surface area contributed by atoms with Gasteiger partial charge < -0.3 is 0 Å². The highest BCUT2D eigenvalue weighted by Crippen LogP contribution is 2.14. The Labute approximate surface area is 121 Å². The van der Waals surface area contributed by atoms with Crippen LogP contribution in [0.25, 0.3) is 0 Å². The number of hydrogen-bond donors (Lipinski definition) is 0. The van der Waals surface area contributed by atoms with E-state index in [-0.39, 0.29) is 0 Å². The van der Waals surface area contributed by atoms with Crippen molar-refractivity contribution in [1.82, 2.24) is 9.80 Å². The Balaban J connectivity index is 2.03. The lowest BCUT2D eigenvalue weighted by molar-refractivity contribution is -0.486. The Hall–Kier alpha value is -1.84. The van der Waals surface area contributed by atoms with Crippen LogP contribution < -0.4 is 0 Å². The van der Waals surface area contributed by atoms with Gasteiger partial charge in [0.1, 0.15) is 26.2 Å². The summed E-state index contributed by atoms with van der Waals surface area (Å²) >= 11 is 0. The van der Waals surface area contributed by atoms with E-state index in [9.17, 15) is 0 Å². The highest BCUT2D eigenvalue weighted by Gasteiger charge is 2.30. The van der Waals surface area contributed by atoms with Gasteiger partial charge in [0.2, 0.25) is 0 Å². The van der Waals surface area contributed by atoms with Gasteiger partial charge in [0.25, 0.3) is 11.7 Å². The van der Waals surface area contributed by atoms with E-state index in [1.54, 1.807) is 0 Å². The third-order valence-corrected chi connectivity index (χ3v) is 4.37. The fourth-order valence-electron chi connectivity index (χ4n) is 3.29. The van der Waals surface area contributed by atoms with Gasteiger partial charge in [0.05, 0.1) is 39.3 Å². The fraction of sp³-hybridized carbons (Fsp3) is 0.500. The first kappa shape index (κ1) is 13.2. The standard InChI is InChI=1S/C16H24N4/c1-17-8-9-18(2)15(17)13-6-5-7-14(12-13)16-19(3)10-11-20(16)4/h5-7,12H,8-11H2,1-4H3/q+2. The maximum absolute atomic E-state index is 2.34. The Morgan fingerprint density at radius 3 is 1.65 bits per heavy atom. The van der Waals surface area contributed by atoms with Crippen molar-refractivity contribution in [3.63, 3.8) is 0 Å². The molecule has 20 heavy (non-hydrogen) atoms. The molecular formula is C16H24N4+2. The number of nitrogens with zero attached hydrogens (tertiary/aromatic N) is 4. The van der Waals surface area contributed by atoms with Gasteiger partial charge in [-0.1, -0.05) is 6.07 Å². The molecule has 4 nitrogen and oxygen atoms in total. The molecule has 0 N–H and O–H groups in total. The SMILES string of the molecule is CN1CC[N+](C)=C1c1cccc(C2=[N+](C)CCN2C)c1. The Morgan fingerprint density at radius 1 is 0.850 bits per heavy atom. The molecule has 0 saturated carbocycles. The highest BCUT2D eigenvalue weighted by atomic mass is 15.3. The lowest BCUT2D eigenvalue weighted by atomic mass is 10.1. The summed E-state index contributed by atoms with van der Waals surface area (Å²) in [6, 6.07) is 8.92. The number of rotatable bonds is 2. The summed E-state index contributed by atoms with van der Waals surface area (Å²) in [4.78, 5) is 4.68. The van der Waals surface area contributed by atoms with Crippen LogP contribution in [0.15, 0.2) is 24.3 Å². The average Bonchev–Trinajstić information content (AvgIpc) is 2.93. The van der Waals surface area contributed by atoms with Crippen LogP contribution in [0.2, 0.25) is 0 Å². The van der Waals surface area contributed by atoms with Gasteiger partial charge in [-0.05, 0) is 18.2 Å². The number of benzene rings is 1. The van der Waals surface area contributed by atoms with Crippen LogP contribution in [0.5, 0.6) is 0 Å². The molecule has 1 aromatic carbocycles. The molecule has 0 fully saturated rings. The Kier molecular flexibility index (Phi) is 3.24. The predicted octanol–water partition coefficient (Wildman–Crippen LogP) is 0.355. The van der Waals surface area contributed by atoms with E-state index in [1.807, 2.05) is 0 Å². The zero-order valence-electron chi connectivity index (χ0n) is 12.9. The van der Waals surface area contributed by atoms with E-state index in [0.29, 0.717) is 0 Å². The molecule has 3 rings (SSSR count). The first-order valence-corrected chi connectivity index (χ1v) is 7.27. The molecule has 0 saturated heterocycles. The first-order valence-electron chi connectivity index (χ1n) is 7.27. The molecule has 0 bridgehead atoms. The Morgan fingerprint density at radius 2 is 1.30 bits per heavy atom. The van der Waals surface area contributed by atoms with Crippen molar-refractivity contribution in [2.45, 2.75) is 0 Å². The third kappa shape index (κ3) is 2.09. The van der Waals surface area contributed by atoms with Gasteiger partial charge in [0.15, 0.2) is 0 Å². The van der Waals surface area contributed by atoms with Crippen molar-refractivity contribution < 1.29 is 9.15 Å². The van der Waals surface area contributed by atoms with Crippen molar-refractivity contribution in [2.75, 3.05) is 54.4 Å². The van der Waals surface area contributed by atoms with Crippen LogP contribution in [-0.4, -0.2) is 85.0 Å². The lowest BCUT2D eigenvalue weighted by Gasteiger charge is -2.10. The van der Waals surface area contributed by atoms with Crippen LogP contribution in [0.1, 0.15) is 11.1 Å². The van der Waals surface area contributed by atoms with Crippen LogP contribution >= 0.6 is 0 Å². The largest absolute Gasteiger partial charge is 0.279 e. The van der Waals surface area contributed by atoms with E-state index in [2.05, 4.69) is 71.4 Å². The lowest BCUT2D eigenvalue weighted by Crippen LogP contribution is -2.28. The van der Waals surface area contributed by atoms with Crippen molar-refractivity contribution in [2.24, 2.45) is 0 Å². The number of amidine groups is 2. The van der Waals surface area contributed by atoms with E-state index >= 15 is 0 Å². The molecular weight excluding hydrogens is 248 g/mol. The number of likely N-dealkylation sites (N-methyl/N-ethyl adjacent to an activating group) is 4. The van der Waals surface area contributed by atoms with Crippen LogP contribution in [0.4, 0.5) is 0 Å². The maximum Gasteiger partial charge on any atom is 0.279 e. The van der Waals surface area contributed by atoms with Crippen molar-refractivity contribution >= 4 is 11.7 Å². The summed E-state index contributed by atoms with van der Waals surface area (Å²) in [6.07, 6.45) is 0. The summed E-state index contributed by atoms with van der Waals surface area (Å²) in [5, 5.41) is 0. The molecule has 0 radical (unpaired) electrons. The van der Waals surface area contributed by atoms with Crippen molar-refractivity contribution in [1.29, 1.82) is 0 Å². The predicted molar refractivity (Wildman–Crippen MR) is 82.0 cm³/mol. The molecule has 2 heterocycles. The highest BCUT2D eigenvalue weighted by molar-refractivity contribution is 6.00. The normalized spacial score (nSPS) is 19.6. The fourth-order valence-corrected chi connectivity index (χ4v) is 3.29. The molecule has 106 valence electrons. The van der Waals surface area contributed by atoms with Crippen LogP contribution in [-0.2, 0) is 0 Å². The summed E-state index contributed by atoms with van der Waals surface area (Å²) < 4.78 is 4.68. The molecule has 0 aromatic heterocycles. The zero-order valence-corrected chi connectivity index (χ0v) is 12.9. The second-order valence-electron chi connectivity index (χ2n) is 5.91. The van der Waals surface area contributed by atoms with Gasteiger partial charge in [-0.2, -0.15) is 0 Å². The summed E-state index contributed by atoms with van der Waals surface area (Å²) in [7, 11) is 8.69. The molecule has 0 unspecified atom stereocenters. The number of hydrogen-bond acceptors (Lipinski definition) is 2. The maximum atomic E-state index is 2.34. The zero-order chi connectivity index (χ0) is 14.3. The van der Waals surface area contributed by atoms with Gasteiger partial charge in [-0.15, -0.1) is 0 Å². The van der Waals surface area contributed by atoms with Crippen molar-refractivity contribution in [3.8, 4) is 0 Å². The molecule has 0 amide bonds. The summed E-state index contributed by atoms with van der Waals surface area (Å²) in [5.74, 6) is 2.66. The topological polar surface area (TPSA) is 12.5 Å². The third-order valence-electron chi connectivity index (χ3n) is 4.37. The minimum atomic E-state index is 1.10. The molecule has 4 heteroatoms. The monoisotopic (exact) mass is 272 g/mol. The van der Waals surface area contributed by atoms with Gasteiger partial charge in [-0.25, -0.2) is 0 Å². The molecule has 2 aliphatic heterocycles. The molecule has 0 spiro atoms. The van der Waals surface area contributed by atoms with Gasteiger partial charge in [-0.3, -0.25) is 19.0 Å². The molecule has 1 aromatic rings. The quantitative estimate of drug-likeness (QED) is 0.721. The first-order chi connectivity index (χ1) is 9.58. The van der Waals surface area contributed by atoms with E-state index < -0.39 is 0 Å². The van der Waals surface area contributed by atoms with Gasteiger partial charge in [0, 0.05) is 0 Å². The smallest absolute Gasteiger partial charge is 0.260 e. The molecule has 0 atom stereocenters. The summed E-state index contributed by atoms with van der Waals surface area (Å²) in [5.41, 5.74) is 2.62.